The fourth-order valence-corrected chi connectivity index (χ4v) is 1.89. The van der Waals surface area contributed by atoms with Crippen LogP contribution in [0, 0.1) is 0 Å². The maximum absolute atomic E-state index is 5.86. The molecule has 0 radical (unpaired) electrons. The summed E-state index contributed by atoms with van der Waals surface area (Å²) in [6, 6.07) is 11.8. The Morgan fingerprint density at radius 1 is 1.16 bits per heavy atom. The summed E-state index contributed by atoms with van der Waals surface area (Å²) in [5.74, 6) is 1.56. The molecule has 0 saturated carbocycles. The molecule has 0 bridgehead atoms. The van der Waals surface area contributed by atoms with E-state index < -0.39 is 0 Å². The minimum atomic E-state index is -0.240. The Hall–Kier alpha value is -1.74. The Balaban J connectivity index is 2.11. The predicted molar refractivity (Wildman–Crippen MR) is 76.3 cm³/mol. The number of furan rings is 1. The lowest BCUT2D eigenvalue weighted by molar-refractivity contribution is 0.184. The first kappa shape index (κ1) is 13.7. The summed E-state index contributed by atoms with van der Waals surface area (Å²) < 4.78 is 11.2. The smallest absolute Gasteiger partial charge is 0.168 e. The Labute approximate surface area is 114 Å². The van der Waals surface area contributed by atoms with E-state index in [1.807, 2.05) is 24.3 Å². The minimum absolute atomic E-state index is 0.146. The summed E-state index contributed by atoms with van der Waals surface area (Å²) in [6.45, 7) is 6.95. The predicted octanol–water partition coefficient (Wildman–Crippen LogP) is 3.66. The van der Waals surface area contributed by atoms with Gasteiger partial charge < -0.3 is 14.9 Å². The van der Waals surface area contributed by atoms with Crippen molar-refractivity contribution in [2.75, 3.05) is 6.54 Å². The molecule has 2 rings (SSSR count). The van der Waals surface area contributed by atoms with Crippen molar-refractivity contribution in [2.24, 2.45) is 5.73 Å². The lowest BCUT2D eigenvalue weighted by atomic mass is 9.87. The number of rotatable bonds is 4. The van der Waals surface area contributed by atoms with Crippen LogP contribution in [0.4, 0.5) is 0 Å². The first-order chi connectivity index (χ1) is 9.00. The second-order valence-electron chi connectivity index (χ2n) is 5.63. The van der Waals surface area contributed by atoms with Crippen molar-refractivity contribution in [2.45, 2.75) is 32.3 Å². The second-order valence-corrected chi connectivity index (χ2v) is 5.63. The number of ether oxygens (including phenoxy) is 1. The maximum atomic E-state index is 5.86. The molecule has 3 nitrogen and oxygen atoms in total. The average Bonchev–Trinajstić information content (AvgIpc) is 2.89. The monoisotopic (exact) mass is 259 g/mol. The molecule has 2 N–H and O–H groups in total. The van der Waals surface area contributed by atoms with Crippen LogP contribution in [0.15, 0.2) is 47.1 Å². The molecule has 0 aliphatic rings. The third-order valence-corrected chi connectivity index (χ3v) is 3.07. The summed E-state index contributed by atoms with van der Waals surface area (Å²) in [5.41, 5.74) is 7.15. The molecule has 1 atom stereocenters. The molecule has 2 aromatic rings. The Morgan fingerprint density at radius 2 is 1.84 bits per heavy atom. The van der Waals surface area contributed by atoms with Crippen molar-refractivity contribution in [3.8, 4) is 5.75 Å². The molecule has 0 aliphatic heterocycles. The molecule has 1 aromatic heterocycles. The van der Waals surface area contributed by atoms with Gasteiger partial charge in [-0.05, 0) is 35.2 Å². The summed E-state index contributed by atoms with van der Waals surface area (Å²) in [5, 5.41) is 0. The summed E-state index contributed by atoms with van der Waals surface area (Å²) in [6.07, 6.45) is 1.39. The summed E-state index contributed by atoms with van der Waals surface area (Å²) in [4.78, 5) is 0. The van der Waals surface area contributed by atoms with Crippen LogP contribution < -0.4 is 10.5 Å². The third kappa shape index (κ3) is 3.38. The van der Waals surface area contributed by atoms with Crippen LogP contribution in [0.1, 0.15) is 38.2 Å². The highest BCUT2D eigenvalue weighted by Crippen LogP contribution is 2.26. The van der Waals surface area contributed by atoms with E-state index in [1.54, 1.807) is 6.26 Å². The lowest BCUT2D eigenvalue weighted by Crippen LogP contribution is -2.18. The van der Waals surface area contributed by atoms with E-state index >= 15 is 0 Å². The molecule has 102 valence electrons. The van der Waals surface area contributed by atoms with Crippen molar-refractivity contribution in [1.82, 2.24) is 0 Å². The highest BCUT2D eigenvalue weighted by molar-refractivity contribution is 5.31. The van der Waals surface area contributed by atoms with Crippen LogP contribution in [-0.4, -0.2) is 6.54 Å². The molecule has 1 aromatic carbocycles. The normalized spacial score (nSPS) is 13.3. The summed E-state index contributed by atoms with van der Waals surface area (Å²) >= 11 is 0. The SMILES string of the molecule is CC(C)(C)c1ccc(OC(CN)c2ccco2)cc1. The van der Waals surface area contributed by atoms with Gasteiger partial charge in [-0.25, -0.2) is 0 Å². The average molecular weight is 259 g/mol. The molecule has 1 unspecified atom stereocenters. The third-order valence-electron chi connectivity index (χ3n) is 3.07. The molecule has 1 heterocycles. The van der Waals surface area contributed by atoms with Gasteiger partial charge in [-0.2, -0.15) is 0 Å². The maximum Gasteiger partial charge on any atom is 0.168 e. The largest absolute Gasteiger partial charge is 0.481 e. The van der Waals surface area contributed by atoms with Gasteiger partial charge in [-0.3, -0.25) is 0 Å². The second kappa shape index (κ2) is 5.49. The molecular weight excluding hydrogens is 238 g/mol. The standard InChI is InChI=1S/C16H21NO2/c1-16(2,3)12-6-8-13(9-7-12)19-15(11-17)14-5-4-10-18-14/h4-10,15H,11,17H2,1-3H3. The van der Waals surface area contributed by atoms with Gasteiger partial charge in [0.1, 0.15) is 11.5 Å². The van der Waals surface area contributed by atoms with Gasteiger partial charge in [0, 0.05) is 6.54 Å². The topological polar surface area (TPSA) is 48.4 Å². The van der Waals surface area contributed by atoms with E-state index in [-0.39, 0.29) is 11.5 Å². The zero-order valence-corrected chi connectivity index (χ0v) is 11.7. The van der Waals surface area contributed by atoms with Crippen LogP contribution in [0.25, 0.3) is 0 Å². The van der Waals surface area contributed by atoms with Gasteiger partial charge in [0.05, 0.1) is 6.26 Å². The Morgan fingerprint density at radius 3 is 2.32 bits per heavy atom. The Bertz CT molecular complexity index is 495. The van der Waals surface area contributed by atoms with E-state index in [0.717, 1.165) is 11.5 Å². The molecule has 3 heteroatoms. The first-order valence-electron chi connectivity index (χ1n) is 6.51. The molecule has 0 spiro atoms. The fourth-order valence-electron chi connectivity index (χ4n) is 1.89. The van der Waals surface area contributed by atoms with Gasteiger partial charge >= 0.3 is 0 Å². The van der Waals surface area contributed by atoms with Crippen LogP contribution in [-0.2, 0) is 5.41 Å². The highest BCUT2D eigenvalue weighted by Gasteiger charge is 2.16. The molecule has 0 fully saturated rings. The van der Waals surface area contributed by atoms with Gasteiger partial charge in [0.2, 0.25) is 0 Å². The van der Waals surface area contributed by atoms with E-state index in [4.69, 9.17) is 14.9 Å². The van der Waals surface area contributed by atoms with E-state index in [9.17, 15) is 0 Å². The number of hydrogen-bond donors (Lipinski definition) is 1. The fraction of sp³-hybridized carbons (Fsp3) is 0.375. The molecule has 0 saturated heterocycles. The van der Waals surface area contributed by atoms with Crippen LogP contribution in [0.5, 0.6) is 5.75 Å². The number of hydrogen-bond acceptors (Lipinski definition) is 3. The van der Waals surface area contributed by atoms with Crippen molar-refractivity contribution >= 4 is 0 Å². The van der Waals surface area contributed by atoms with E-state index in [2.05, 4.69) is 32.9 Å². The molecule has 0 aliphatic carbocycles. The number of benzene rings is 1. The van der Waals surface area contributed by atoms with Gasteiger partial charge in [-0.15, -0.1) is 0 Å². The van der Waals surface area contributed by atoms with Gasteiger partial charge in [0.25, 0.3) is 0 Å². The van der Waals surface area contributed by atoms with Crippen LogP contribution in [0.3, 0.4) is 0 Å². The zero-order chi connectivity index (χ0) is 13.9. The Kier molecular flexibility index (Phi) is 3.96. The molecule has 19 heavy (non-hydrogen) atoms. The molecular formula is C16H21NO2. The van der Waals surface area contributed by atoms with E-state index in [0.29, 0.717) is 6.54 Å². The van der Waals surface area contributed by atoms with Gasteiger partial charge in [0.15, 0.2) is 6.10 Å². The first-order valence-corrected chi connectivity index (χ1v) is 6.51. The van der Waals surface area contributed by atoms with Crippen molar-refractivity contribution in [3.05, 3.63) is 54.0 Å². The summed E-state index contributed by atoms with van der Waals surface area (Å²) in [7, 11) is 0. The zero-order valence-electron chi connectivity index (χ0n) is 11.7. The number of nitrogens with two attached hydrogens (primary N) is 1. The molecule has 0 amide bonds. The van der Waals surface area contributed by atoms with Crippen LogP contribution >= 0.6 is 0 Å². The highest BCUT2D eigenvalue weighted by atomic mass is 16.5. The van der Waals surface area contributed by atoms with Crippen LogP contribution in [0.2, 0.25) is 0 Å². The van der Waals surface area contributed by atoms with Crippen molar-refractivity contribution < 1.29 is 9.15 Å². The minimum Gasteiger partial charge on any atom is -0.481 e. The van der Waals surface area contributed by atoms with E-state index in [1.165, 1.54) is 5.56 Å². The van der Waals surface area contributed by atoms with Gasteiger partial charge in [-0.1, -0.05) is 32.9 Å². The van der Waals surface area contributed by atoms with Crippen molar-refractivity contribution in [3.63, 3.8) is 0 Å². The quantitative estimate of drug-likeness (QED) is 0.911. The van der Waals surface area contributed by atoms with Crippen molar-refractivity contribution in [1.29, 1.82) is 0 Å². The lowest BCUT2D eigenvalue weighted by Gasteiger charge is -2.20.